The number of aromatic nitrogens is 2. The molecule has 0 saturated carbocycles. The molecule has 72 valence electrons. The molecule has 1 aliphatic heterocycles. The van der Waals surface area contributed by atoms with Crippen LogP contribution < -0.4 is 5.73 Å². The number of anilines is 1. The number of hydrogen-bond acceptors (Lipinski definition) is 3. The second-order valence-corrected chi connectivity index (χ2v) is 5.03. The summed E-state index contributed by atoms with van der Waals surface area (Å²) in [5.74, 6) is 1.84. The third-order valence-corrected chi connectivity index (χ3v) is 3.43. The summed E-state index contributed by atoms with van der Waals surface area (Å²) >= 11 is 0. The Morgan fingerprint density at radius 2 is 2.23 bits per heavy atom. The second kappa shape index (κ2) is 2.83. The molecule has 5 heteroatoms. The van der Waals surface area contributed by atoms with Gasteiger partial charge in [0, 0.05) is 22.4 Å². The fraction of sp³-hybridized carbons (Fsp3) is 0.625. The second-order valence-electron chi connectivity index (χ2n) is 3.58. The van der Waals surface area contributed by atoms with Crippen molar-refractivity contribution in [3.8, 4) is 0 Å². The number of fused-ring (bicyclic) bond motifs is 1. The molecule has 0 amide bonds. The van der Waals surface area contributed by atoms with E-state index < -0.39 is 10.8 Å². The minimum absolute atomic E-state index is 0.277. The van der Waals surface area contributed by atoms with Crippen molar-refractivity contribution in [2.75, 3.05) is 5.73 Å². The van der Waals surface area contributed by atoms with Crippen molar-refractivity contribution in [2.24, 2.45) is 0 Å². The number of rotatable bonds is 1. The van der Waals surface area contributed by atoms with Crippen LogP contribution in [0.4, 0.5) is 5.82 Å². The standard InChI is InChI=1S/C8H13N3OS/c1-5(2)11-8(9)6-3-13(12)4-7(6)10-11/h5H,3-4,9H2,1-2H3. The van der Waals surface area contributed by atoms with Crippen LogP contribution in [0.1, 0.15) is 31.1 Å². The monoisotopic (exact) mass is 199 g/mol. The van der Waals surface area contributed by atoms with Crippen molar-refractivity contribution in [3.63, 3.8) is 0 Å². The lowest BCUT2D eigenvalue weighted by atomic mass is 10.3. The number of hydrogen-bond donors (Lipinski definition) is 1. The zero-order valence-corrected chi connectivity index (χ0v) is 8.60. The van der Waals surface area contributed by atoms with Crippen molar-refractivity contribution < 1.29 is 4.21 Å². The number of nitrogens with two attached hydrogens (primary N) is 1. The Labute approximate surface area is 79.6 Å². The summed E-state index contributed by atoms with van der Waals surface area (Å²) < 4.78 is 13.0. The van der Waals surface area contributed by atoms with E-state index in [2.05, 4.69) is 5.10 Å². The maximum absolute atomic E-state index is 11.2. The van der Waals surface area contributed by atoms with E-state index in [9.17, 15) is 4.21 Å². The molecule has 0 bridgehead atoms. The van der Waals surface area contributed by atoms with Gasteiger partial charge in [-0.3, -0.25) is 4.21 Å². The van der Waals surface area contributed by atoms with Gasteiger partial charge in [0.2, 0.25) is 0 Å². The summed E-state index contributed by atoms with van der Waals surface area (Å²) in [5, 5.41) is 4.34. The Morgan fingerprint density at radius 1 is 1.54 bits per heavy atom. The van der Waals surface area contributed by atoms with Crippen LogP contribution in [0.25, 0.3) is 0 Å². The largest absolute Gasteiger partial charge is 0.384 e. The predicted octanol–water partition coefficient (Wildman–Crippen LogP) is 0.809. The summed E-state index contributed by atoms with van der Waals surface area (Å²) in [7, 11) is -0.776. The molecule has 0 radical (unpaired) electrons. The minimum atomic E-state index is -0.776. The Hall–Kier alpha value is -0.840. The first-order valence-electron chi connectivity index (χ1n) is 4.30. The molecule has 0 saturated heterocycles. The van der Waals surface area contributed by atoms with Crippen molar-refractivity contribution >= 4 is 16.6 Å². The average Bonchev–Trinajstić information content (AvgIpc) is 2.51. The Kier molecular flexibility index (Phi) is 1.91. The van der Waals surface area contributed by atoms with Crippen LogP contribution in [0.15, 0.2) is 0 Å². The molecular weight excluding hydrogens is 186 g/mol. The van der Waals surface area contributed by atoms with E-state index in [1.54, 1.807) is 4.68 Å². The summed E-state index contributed by atoms with van der Waals surface area (Å²) in [4.78, 5) is 0. The topological polar surface area (TPSA) is 60.9 Å². The highest BCUT2D eigenvalue weighted by Gasteiger charge is 2.25. The summed E-state index contributed by atoms with van der Waals surface area (Å²) in [6.45, 7) is 4.07. The van der Waals surface area contributed by atoms with E-state index in [4.69, 9.17) is 5.73 Å². The zero-order valence-electron chi connectivity index (χ0n) is 7.78. The van der Waals surface area contributed by atoms with E-state index in [0.29, 0.717) is 17.3 Å². The third kappa shape index (κ3) is 1.27. The number of nitrogen functional groups attached to an aromatic ring is 1. The molecule has 1 unspecified atom stereocenters. The van der Waals surface area contributed by atoms with Crippen molar-refractivity contribution in [1.29, 1.82) is 0 Å². The van der Waals surface area contributed by atoms with Gasteiger partial charge in [0.15, 0.2) is 0 Å². The van der Waals surface area contributed by atoms with Gasteiger partial charge < -0.3 is 5.73 Å². The van der Waals surface area contributed by atoms with E-state index in [1.165, 1.54) is 0 Å². The lowest BCUT2D eigenvalue weighted by molar-refractivity contribution is 0.536. The predicted molar refractivity (Wildman–Crippen MR) is 52.6 cm³/mol. The lowest BCUT2D eigenvalue weighted by Crippen LogP contribution is -2.09. The fourth-order valence-corrected chi connectivity index (χ4v) is 2.84. The highest BCUT2D eigenvalue weighted by molar-refractivity contribution is 7.83. The van der Waals surface area contributed by atoms with Crippen molar-refractivity contribution in [3.05, 3.63) is 11.3 Å². The van der Waals surface area contributed by atoms with Gasteiger partial charge in [0.05, 0.1) is 17.2 Å². The molecule has 1 aliphatic rings. The van der Waals surface area contributed by atoms with Crippen LogP contribution in [-0.4, -0.2) is 14.0 Å². The third-order valence-electron chi connectivity index (χ3n) is 2.22. The molecule has 2 heterocycles. The van der Waals surface area contributed by atoms with Gasteiger partial charge in [0.1, 0.15) is 5.82 Å². The molecule has 1 atom stereocenters. The van der Waals surface area contributed by atoms with Crippen LogP contribution in [0, 0.1) is 0 Å². The van der Waals surface area contributed by atoms with Gasteiger partial charge in [-0.1, -0.05) is 0 Å². The van der Waals surface area contributed by atoms with Gasteiger partial charge in [-0.05, 0) is 13.8 Å². The summed E-state index contributed by atoms with van der Waals surface area (Å²) in [6.07, 6.45) is 0. The highest BCUT2D eigenvalue weighted by Crippen LogP contribution is 2.28. The lowest BCUT2D eigenvalue weighted by Gasteiger charge is -2.08. The average molecular weight is 199 g/mol. The van der Waals surface area contributed by atoms with E-state index in [-0.39, 0.29) is 6.04 Å². The van der Waals surface area contributed by atoms with Crippen LogP contribution >= 0.6 is 0 Å². The molecule has 2 rings (SSSR count). The molecule has 0 aliphatic carbocycles. The molecule has 4 nitrogen and oxygen atoms in total. The van der Waals surface area contributed by atoms with Crippen LogP contribution in [-0.2, 0) is 22.3 Å². The first-order valence-corrected chi connectivity index (χ1v) is 5.79. The first kappa shape index (κ1) is 8.74. The Bertz CT molecular complexity index is 370. The smallest absolute Gasteiger partial charge is 0.126 e. The molecule has 0 spiro atoms. The van der Waals surface area contributed by atoms with Gasteiger partial charge in [-0.2, -0.15) is 5.10 Å². The van der Waals surface area contributed by atoms with Gasteiger partial charge in [-0.15, -0.1) is 0 Å². The van der Waals surface area contributed by atoms with Gasteiger partial charge >= 0.3 is 0 Å². The summed E-state index contributed by atoms with van der Waals surface area (Å²) in [6, 6.07) is 0.277. The molecular formula is C8H13N3OS. The van der Waals surface area contributed by atoms with E-state index in [0.717, 1.165) is 11.3 Å². The first-order chi connectivity index (χ1) is 6.09. The quantitative estimate of drug-likeness (QED) is 0.728. The Morgan fingerprint density at radius 3 is 2.77 bits per heavy atom. The zero-order chi connectivity index (χ0) is 9.59. The maximum atomic E-state index is 11.2. The molecule has 1 aromatic rings. The van der Waals surface area contributed by atoms with Crippen molar-refractivity contribution in [1.82, 2.24) is 9.78 Å². The van der Waals surface area contributed by atoms with Crippen LogP contribution in [0.5, 0.6) is 0 Å². The number of nitrogens with zero attached hydrogens (tertiary/aromatic N) is 2. The molecule has 1 aromatic heterocycles. The minimum Gasteiger partial charge on any atom is -0.384 e. The van der Waals surface area contributed by atoms with Crippen LogP contribution in [0.2, 0.25) is 0 Å². The summed E-state index contributed by atoms with van der Waals surface area (Å²) in [5.41, 5.74) is 7.80. The maximum Gasteiger partial charge on any atom is 0.126 e. The van der Waals surface area contributed by atoms with E-state index in [1.807, 2.05) is 13.8 Å². The van der Waals surface area contributed by atoms with E-state index >= 15 is 0 Å². The van der Waals surface area contributed by atoms with Gasteiger partial charge in [-0.25, -0.2) is 4.68 Å². The van der Waals surface area contributed by atoms with Crippen LogP contribution in [0.3, 0.4) is 0 Å². The molecule has 0 aromatic carbocycles. The fourth-order valence-electron chi connectivity index (χ4n) is 1.56. The molecule has 13 heavy (non-hydrogen) atoms. The Balaban J connectivity index is 2.47. The van der Waals surface area contributed by atoms with Gasteiger partial charge in [0.25, 0.3) is 0 Å². The van der Waals surface area contributed by atoms with Crippen molar-refractivity contribution in [2.45, 2.75) is 31.4 Å². The molecule has 2 N–H and O–H groups in total. The normalized spacial score (nSPS) is 21.0. The highest BCUT2D eigenvalue weighted by atomic mass is 32.2. The molecule has 0 fully saturated rings. The SMILES string of the molecule is CC(C)n1nc2c(c1N)CS(=O)C2.